The van der Waals surface area contributed by atoms with Crippen LogP contribution in [0.25, 0.3) is 0 Å². The van der Waals surface area contributed by atoms with Crippen molar-refractivity contribution in [1.82, 2.24) is 4.72 Å². The Kier molecular flexibility index (Phi) is 7.02. The third-order valence-electron chi connectivity index (χ3n) is 1.75. The molecule has 0 bridgehead atoms. The largest absolute Gasteiger partial charge is 0.461 e. The maximum Gasteiger partial charge on any atom is 0.323 e. The van der Waals surface area contributed by atoms with Gasteiger partial charge in [0.25, 0.3) is 5.50 Å². The minimum absolute atomic E-state index is 0.0659. The molecule has 9 nitrogen and oxygen atoms in total. The lowest BCUT2D eigenvalue weighted by Crippen LogP contribution is -2.36. The number of esters is 1. The summed E-state index contributed by atoms with van der Waals surface area (Å²) in [5.74, 6) is -3.56. The third-order valence-corrected chi connectivity index (χ3v) is 3.69. The van der Waals surface area contributed by atoms with Crippen molar-refractivity contribution >= 4 is 32.0 Å². The van der Waals surface area contributed by atoms with Crippen molar-refractivity contribution < 1.29 is 40.1 Å². The van der Waals surface area contributed by atoms with Crippen LogP contribution in [0.2, 0.25) is 0 Å². The number of sulfonamides is 1. The van der Waals surface area contributed by atoms with Crippen LogP contribution >= 0.6 is 0 Å². The molecule has 0 radical (unpaired) electrons. The van der Waals surface area contributed by atoms with Crippen LogP contribution in [0.5, 0.6) is 0 Å². The summed E-state index contributed by atoms with van der Waals surface area (Å²) in [6.07, 6.45) is 0.327. The molecule has 12 heteroatoms. The number of amides is 1. The maximum atomic E-state index is 12.7. The van der Waals surface area contributed by atoms with Crippen LogP contribution in [-0.2, 0) is 34.5 Å². The van der Waals surface area contributed by atoms with Gasteiger partial charge in [0.1, 0.15) is 6.61 Å². The van der Waals surface area contributed by atoms with Gasteiger partial charge in [0.15, 0.2) is 5.75 Å². The Morgan fingerprint density at radius 2 is 1.85 bits per heavy atom. The standard InChI is InChI=1S/C8H14FNO8S2/c1-2-3-7(11)10-19(13,14)5-8(12)18-4-6(9)20(15,16)17/h6H,2-5H2,1H3,(H,10,11)(H,15,16,17). The van der Waals surface area contributed by atoms with E-state index in [0.29, 0.717) is 6.42 Å². The summed E-state index contributed by atoms with van der Waals surface area (Å²) in [5.41, 5.74) is -2.87. The van der Waals surface area contributed by atoms with Gasteiger partial charge in [0, 0.05) is 6.42 Å². The van der Waals surface area contributed by atoms with Crippen molar-refractivity contribution in [2.45, 2.75) is 25.3 Å². The number of ether oxygens (including phenoxy) is 1. The summed E-state index contributed by atoms with van der Waals surface area (Å²) in [4.78, 5) is 22.1. The Hall–Kier alpha value is -1.27. The first kappa shape index (κ1) is 18.7. The van der Waals surface area contributed by atoms with E-state index in [2.05, 4.69) is 4.74 Å². The molecular weight excluding hydrogens is 321 g/mol. The Bertz CT molecular complexity index is 555. The molecule has 1 atom stereocenters. The Morgan fingerprint density at radius 3 is 2.30 bits per heavy atom. The number of halogens is 1. The fraction of sp³-hybridized carbons (Fsp3) is 0.750. The zero-order chi connectivity index (χ0) is 16.0. The van der Waals surface area contributed by atoms with Gasteiger partial charge in [-0.2, -0.15) is 8.42 Å². The number of hydrogen-bond donors (Lipinski definition) is 2. The maximum absolute atomic E-state index is 12.7. The molecule has 0 saturated heterocycles. The van der Waals surface area contributed by atoms with E-state index in [1.807, 2.05) is 0 Å². The molecule has 0 aliphatic carbocycles. The molecule has 0 fully saturated rings. The van der Waals surface area contributed by atoms with Gasteiger partial charge in [-0.15, -0.1) is 0 Å². The van der Waals surface area contributed by atoms with Crippen LogP contribution in [0.1, 0.15) is 19.8 Å². The van der Waals surface area contributed by atoms with Gasteiger partial charge in [0.05, 0.1) is 0 Å². The van der Waals surface area contributed by atoms with Crippen molar-refractivity contribution in [2.75, 3.05) is 12.4 Å². The molecule has 0 aliphatic heterocycles. The highest BCUT2D eigenvalue weighted by Gasteiger charge is 2.26. The van der Waals surface area contributed by atoms with Crippen LogP contribution in [0, 0.1) is 0 Å². The van der Waals surface area contributed by atoms with Gasteiger partial charge < -0.3 is 4.74 Å². The predicted molar refractivity (Wildman–Crippen MR) is 64.2 cm³/mol. The van der Waals surface area contributed by atoms with Crippen LogP contribution in [0.3, 0.4) is 0 Å². The van der Waals surface area contributed by atoms with Gasteiger partial charge in [-0.1, -0.05) is 6.92 Å². The van der Waals surface area contributed by atoms with E-state index < -0.39 is 49.9 Å². The average molecular weight is 335 g/mol. The van der Waals surface area contributed by atoms with E-state index in [-0.39, 0.29) is 6.42 Å². The number of carbonyl (C=O) groups excluding carboxylic acids is 2. The van der Waals surface area contributed by atoms with Gasteiger partial charge in [-0.05, 0) is 6.42 Å². The van der Waals surface area contributed by atoms with E-state index in [9.17, 15) is 30.8 Å². The minimum atomic E-state index is -5.03. The third kappa shape index (κ3) is 8.01. The van der Waals surface area contributed by atoms with Gasteiger partial charge in [0.2, 0.25) is 15.9 Å². The van der Waals surface area contributed by atoms with Crippen molar-refractivity contribution in [3.63, 3.8) is 0 Å². The molecule has 20 heavy (non-hydrogen) atoms. The molecule has 0 rings (SSSR count). The topological polar surface area (TPSA) is 144 Å². The molecule has 2 N–H and O–H groups in total. The summed E-state index contributed by atoms with van der Waals surface area (Å²) in [7, 11) is -9.33. The SMILES string of the molecule is CCCC(=O)NS(=O)(=O)CC(=O)OCC(F)S(=O)(=O)O. The molecule has 0 heterocycles. The zero-order valence-corrected chi connectivity index (χ0v) is 12.0. The summed E-state index contributed by atoms with van der Waals surface area (Å²) in [6, 6.07) is 0. The van der Waals surface area contributed by atoms with Gasteiger partial charge in [-0.3, -0.25) is 18.9 Å². The number of hydrogen-bond acceptors (Lipinski definition) is 7. The minimum Gasteiger partial charge on any atom is -0.461 e. The lowest BCUT2D eigenvalue weighted by Gasteiger charge is -2.08. The van der Waals surface area contributed by atoms with Crippen LogP contribution in [-0.4, -0.2) is 51.1 Å². The first-order chi connectivity index (χ1) is 8.98. The molecule has 1 unspecified atom stereocenters. The highest BCUT2D eigenvalue weighted by Crippen LogP contribution is 2.01. The summed E-state index contributed by atoms with van der Waals surface area (Å²) in [6.45, 7) is 0.285. The van der Waals surface area contributed by atoms with E-state index in [1.54, 1.807) is 11.6 Å². The van der Waals surface area contributed by atoms with Crippen LogP contribution in [0.4, 0.5) is 4.39 Å². The Labute approximate surface area is 115 Å². The van der Waals surface area contributed by atoms with Gasteiger partial charge in [-0.25, -0.2) is 12.8 Å². The van der Waals surface area contributed by atoms with E-state index in [1.165, 1.54) is 0 Å². The summed E-state index contributed by atoms with van der Waals surface area (Å²) in [5, 5.41) is 0. The van der Waals surface area contributed by atoms with Crippen molar-refractivity contribution in [3.05, 3.63) is 0 Å². The molecular formula is C8H14FNO8S2. The Balaban J connectivity index is 4.36. The molecule has 0 aliphatic rings. The van der Waals surface area contributed by atoms with E-state index >= 15 is 0 Å². The van der Waals surface area contributed by atoms with Crippen molar-refractivity contribution in [3.8, 4) is 0 Å². The van der Waals surface area contributed by atoms with Crippen molar-refractivity contribution in [1.29, 1.82) is 0 Å². The normalized spacial score (nSPS) is 13.6. The molecule has 0 spiro atoms. The van der Waals surface area contributed by atoms with E-state index in [4.69, 9.17) is 4.55 Å². The zero-order valence-electron chi connectivity index (χ0n) is 10.4. The molecule has 0 aromatic rings. The van der Waals surface area contributed by atoms with E-state index in [0.717, 1.165) is 0 Å². The smallest absolute Gasteiger partial charge is 0.323 e. The number of carbonyl (C=O) groups is 2. The average Bonchev–Trinajstić information content (AvgIpc) is 2.22. The highest BCUT2D eigenvalue weighted by molar-refractivity contribution is 7.90. The predicted octanol–water partition coefficient (Wildman–Crippen LogP) is -1.04. The lowest BCUT2D eigenvalue weighted by molar-refractivity contribution is -0.141. The van der Waals surface area contributed by atoms with Crippen LogP contribution in [0.15, 0.2) is 0 Å². The molecule has 1 amide bonds. The second-order valence-electron chi connectivity index (χ2n) is 3.64. The fourth-order valence-corrected chi connectivity index (χ4v) is 2.08. The summed E-state index contributed by atoms with van der Waals surface area (Å²) < 4.78 is 69.6. The second kappa shape index (κ2) is 7.50. The quantitative estimate of drug-likeness (QED) is 0.423. The fourth-order valence-electron chi connectivity index (χ4n) is 0.929. The summed E-state index contributed by atoms with van der Waals surface area (Å²) >= 11 is 0. The molecule has 118 valence electrons. The first-order valence-electron chi connectivity index (χ1n) is 5.27. The molecule has 0 aromatic heterocycles. The number of rotatable bonds is 8. The van der Waals surface area contributed by atoms with Gasteiger partial charge >= 0.3 is 16.1 Å². The number of alkyl halides is 1. The number of nitrogens with one attached hydrogen (secondary N) is 1. The van der Waals surface area contributed by atoms with Crippen molar-refractivity contribution in [2.24, 2.45) is 0 Å². The van der Waals surface area contributed by atoms with Crippen LogP contribution < -0.4 is 4.72 Å². The first-order valence-corrected chi connectivity index (χ1v) is 8.42. The molecule has 0 aromatic carbocycles. The highest BCUT2D eigenvalue weighted by atomic mass is 32.2. The second-order valence-corrected chi connectivity index (χ2v) is 6.91. The Morgan fingerprint density at radius 1 is 1.30 bits per heavy atom. The molecule has 0 saturated carbocycles. The lowest BCUT2D eigenvalue weighted by atomic mass is 10.3. The monoisotopic (exact) mass is 335 g/mol.